The van der Waals surface area contributed by atoms with E-state index < -0.39 is 0 Å². The van der Waals surface area contributed by atoms with Gasteiger partial charge in [0.15, 0.2) is 0 Å². The molecule has 59 heavy (non-hydrogen) atoms. The van der Waals surface area contributed by atoms with E-state index in [4.69, 9.17) is 18.9 Å². The van der Waals surface area contributed by atoms with Gasteiger partial charge in [-0.1, -0.05) is 142 Å². The molecule has 1 saturated heterocycles. The molecule has 5 nitrogen and oxygen atoms in total. The van der Waals surface area contributed by atoms with Crippen molar-refractivity contribution in [2.24, 2.45) is 46.3 Å². The van der Waals surface area contributed by atoms with Crippen LogP contribution in [0.2, 0.25) is 0 Å². The molecular weight excluding hydrogens is 727 g/mol. The molecule has 5 rings (SSSR count). The Morgan fingerprint density at radius 3 is 2.20 bits per heavy atom. The number of morpholine rings is 1. The van der Waals surface area contributed by atoms with Crippen molar-refractivity contribution < 1.29 is 18.9 Å². The molecule has 1 heterocycles. The van der Waals surface area contributed by atoms with Crippen LogP contribution in [-0.2, 0) is 18.9 Å². The minimum absolute atomic E-state index is 0.0913. The molecule has 3 saturated carbocycles. The van der Waals surface area contributed by atoms with E-state index in [0.29, 0.717) is 36.8 Å². The Hall–Kier alpha value is -0.720. The number of ether oxygens (including phenoxy) is 4. The highest BCUT2D eigenvalue weighted by Crippen LogP contribution is 2.67. The molecule has 1 unspecified atom stereocenters. The topological polar surface area (TPSA) is 40.2 Å². The van der Waals surface area contributed by atoms with Gasteiger partial charge < -0.3 is 18.9 Å². The van der Waals surface area contributed by atoms with Crippen molar-refractivity contribution in [3.63, 3.8) is 0 Å². The second-order valence-corrected chi connectivity index (χ2v) is 21.4. The van der Waals surface area contributed by atoms with E-state index in [1.165, 1.54) is 148 Å². The molecule has 5 aliphatic rings. The molecule has 0 aromatic carbocycles. The summed E-state index contributed by atoms with van der Waals surface area (Å²) in [5.74, 6) is 5.36. The van der Waals surface area contributed by atoms with Crippen molar-refractivity contribution in [1.82, 2.24) is 4.90 Å². The zero-order valence-corrected chi connectivity index (χ0v) is 40.0. The minimum Gasteiger partial charge on any atom is -0.379 e. The van der Waals surface area contributed by atoms with Crippen LogP contribution in [0.1, 0.15) is 202 Å². The first-order valence-electron chi connectivity index (χ1n) is 26.2. The van der Waals surface area contributed by atoms with E-state index in [1.807, 2.05) is 0 Å². The highest BCUT2D eigenvalue weighted by Gasteiger charge is 2.59. The lowest BCUT2D eigenvalue weighted by atomic mass is 9.47. The summed E-state index contributed by atoms with van der Waals surface area (Å²) in [6.45, 7) is 22.5. The smallest absolute Gasteiger partial charge is 0.0936 e. The number of allylic oxidation sites excluding steroid dienone is 3. The SMILES string of the molecule is CCCCCCCCC=CCCCCCCCCOCC(CN1CCOCC1)OCCO[C@H]1CC[C@@]2(C)C(=CC[C@H]3[C@@H]4CC[C@H]([C@H](C)CCCC(C)C)[C@@]4(C)CC[C@@H]32)C1. The summed E-state index contributed by atoms with van der Waals surface area (Å²) in [5, 5.41) is 0. The van der Waals surface area contributed by atoms with Crippen molar-refractivity contribution in [2.75, 3.05) is 59.3 Å². The van der Waals surface area contributed by atoms with E-state index in [2.05, 4.69) is 64.7 Å². The first-order chi connectivity index (χ1) is 28.7. The largest absolute Gasteiger partial charge is 0.379 e. The van der Waals surface area contributed by atoms with Gasteiger partial charge in [-0.3, -0.25) is 4.90 Å². The summed E-state index contributed by atoms with van der Waals surface area (Å²) in [6.07, 6.45) is 41.8. The average Bonchev–Trinajstić information content (AvgIpc) is 3.59. The Labute approximate surface area is 366 Å². The second-order valence-electron chi connectivity index (χ2n) is 21.4. The van der Waals surface area contributed by atoms with Crippen LogP contribution in [0, 0.1) is 46.3 Å². The predicted molar refractivity (Wildman–Crippen MR) is 250 cm³/mol. The van der Waals surface area contributed by atoms with Gasteiger partial charge in [0.25, 0.3) is 0 Å². The van der Waals surface area contributed by atoms with Gasteiger partial charge in [0.05, 0.1) is 45.2 Å². The summed E-state index contributed by atoms with van der Waals surface area (Å²) < 4.78 is 25.0. The van der Waals surface area contributed by atoms with Crippen LogP contribution in [0.25, 0.3) is 0 Å². The minimum atomic E-state index is 0.0913. The summed E-state index contributed by atoms with van der Waals surface area (Å²) >= 11 is 0. The highest BCUT2D eigenvalue weighted by molar-refractivity contribution is 5.25. The van der Waals surface area contributed by atoms with E-state index in [-0.39, 0.29) is 6.10 Å². The maximum absolute atomic E-state index is 6.62. The van der Waals surface area contributed by atoms with Gasteiger partial charge in [-0.2, -0.15) is 0 Å². The molecule has 0 radical (unpaired) electrons. The fourth-order valence-corrected chi connectivity index (χ4v) is 13.1. The molecule has 1 aliphatic heterocycles. The highest BCUT2D eigenvalue weighted by atomic mass is 16.6. The fraction of sp³-hybridized carbons (Fsp3) is 0.926. The maximum Gasteiger partial charge on any atom is 0.0936 e. The third-order valence-electron chi connectivity index (χ3n) is 16.7. The first-order valence-corrected chi connectivity index (χ1v) is 26.2. The zero-order chi connectivity index (χ0) is 41.8. The average molecular weight is 824 g/mol. The Kier molecular flexibility index (Phi) is 22.4. The molecule has 0 spiro atoms. The van der Waals surface area contributed by atoms with Crippen LogP contribution >= 0.6 is 0 Å². The molecule has 0 bridgehead atoms. The number of unbranched alkanes of at least 4 members (excludes halogenated alkanes) is 12. The van der Waals surface area contributed by atoms with Crippen LogP contribution in [-0.4, -0.2) is 76.4 Å². The fourth-order valence-electron chi connectivity index (χ4n) is 13.1. The van der Waals surface area contributed by atoms with Gasteiger partial charge >= 0.3 is 0 Å². The summed E-state index contributed by atoms with van der Waals surface area (Å²) in [5.41, 5.74) is 2.68. The van der Waals surface area contributed by atoms with Crippen LogP contribution in [0.4, 0.5) is 0 Å². The summed E-state index contributed by atoms with van der Waals surface area (Å²) in [4.78, 5) is 2.49. The van der Waals surface area contributed by atoms with Gasteiger partial charge in [0.2, 0.25) is 0 Å². The number of hydrogen-bond acceptors (Lipinski definition) is 5. The van der Waals surface area contributed by atoms with E-state index in [9.17, 15) is 0 Å². The van der Waals surface area contributed by atoms with Crippen molar-refractivity contribution in [1.29, 1.82) is 0 Å². The third kappa shape index (κ3) is 15.5. The van der Waals surface area contributed by atoms with Gasteiger partial charge in [-0.25, -0.2) is 0 Å². The lowest BCUT2D eigenvalue weighted by Gasteiger charge is -2.58. The van der Waals surface area contributed by atoms with Gasteiger partial charge in [-0.15, -0.1) is 0 Å². The first kappa shape index (κ1) is 49.3. The Bertz CT molecular complexity index is 1180. The van der Waals surface area contributed by atoms with Crippen molar-refractivity contribution in [3.8, 4) is 0 Å². The maximum atomic E-state index is 6.62. The Balaban J connectivity index is 0.955. The molecule has 0 aromatic heterocycles. The van der Waals surface area contributed by atoms with E-state index >= 15 is 0 Å². The second kappa shape index (κ2) is 26.8. The van der Waals surface area contributed by atoms with E-state index in [0.717, 1.165) is 87.8 Å². The lowest BCUT2D eigenvalue weighted by Crippen LogP contribution is -2.51. The number of rotatable bonds is 30. The van der Waals surface area contributed by atoms with Crippen LogP contribution in [0.3, 0.4) is 0 Å². The summed E-state index contributed by atoms with van der Waals surface area (Å²) in [6, 6.07) is 0. The third-order valence-corrected chi connectivity index (χ3v) is 16.7. The van der Waals surface area contributed by atoms with Gasteiger partial charge in [-0.05, 0) is 130 Å². The number of fused-ring (bicyclic) bond motifs is 5. The van der Waals surface area contributed by atoms with Crippen molar-refractivity contribution >= 4 is 0 Å². The van der Waals surface area contributed by atoms with Crippen molar-refractivity contribution in [3.05, 3.63) is 23.8 Å². The predicted octanol–water partition coefficient (Wildman–Crippen LogP) is 14.2. The monoisotopic (exact) mass is 824 g/mol. The molecule has 9 atom stereocenters. The lowest BCUT2D eigenvalue weighted by molar-refractivity contribution is -0.0834. The van der Waals surface area contributed by atoms with E-state index in [1.54, 1.807) is 5.57 Å². The Morgan fingerprint density at radius 2 is 1.47 bits per heavy atom. The molecule has 0 amide bonds. The molecule has 5 heteroatoms. The molecule has 342 valence electrons. The van der Waals surface area contributed by atoms with Gasteiger partial charge in [0.1, 0.15) is 0 Å². The molecule has 0 N–H and O–H groups in total. The Morgan fingerprint density at radius 1 is 0.763 bits per heavy atom. The quantitative estimate of drug-likeness (QED) is 0.0533. The number of nitrogens with zero attached hydrogens (tertiary/aromatic N) is 1. The molecular formula is C54H97NO4. The van der Waals surface area contributed by atoms with Crippen LogP contribution < -0.4 is 0 Å². The number of hydrogen-bond donors (Lipinski definition) is 0. The van der Waals surface area contributed by atoms with Crippen LogP contribution in [0.5, 0.6) is 0 Å². The van der Waals surface area contributed by atoms with Crippen LogP contribution in [0.15, 0.2) is 23.8 Å². The summed E-state index contributed by atoms with van der Waals surface area (Å²) in [7, 11) is 0. The van der Waals surface area contributed by atoms with Gasteiger partial charge in [0, 0.05) is 26.2 Å². The standard InChI is InChI=1S/C54H97NO4/c1-7-8-9-10-11-12-13-14-15-16-17-18-19-20-21-22-36-57-43-48(42-55-34-37-56-38-35-55)59-40-39-58-47-30-32-53(5)46(41-47)26-27-49-51-29-28-50(45(4)25-23-24-44(2)3)54(51,6)33-31-52(49)53/h14-15,26,44-45,47-52H,7-13,16-25,27-43H2,1-6H3/t45-,47+,48?,49+,50-,51+,52+,53+,54-/m1/s1. The molecule has 0 aromatic rings. The molecule has 4 fully saturated rings. The molecule has 4 aliphatic carbocycles. The van der Waals surface area contributed by atoms with Crippen molar-refractivity contribution in [2.45, 2.75) is 214 Å². The normalized spacial score (nSPS) is 31.0. The zero-order valence-electron chi connectivity index (χ0n) is 40.0.